The fourth-order valence-corrected chi connectivity index (χ4v) is 3.35. The van der Waals surface area contributed by atoms with Gasteiger partial charge in [0.2, 0.25) is 0 Å². The Hall–Kier alpha value is -3.45. The summed E-state index contributed by atoms with van der Waals surface area (Å²) in [6, 6.07) is 20.6. The number of benzene rings is 2. The Balaban J connectivity index is 1.32. The molecule has 30 heavy (non-hydrogen) atoms. The number of nitrogens with zero attached hydrogens (tertiary/aromatic N) is 4. The Kier molecular flexibility index (Phi) is 5.90. The van der Waals surface area contributed by atoms with Gasteiger partial charge in [-0.1, -0.05) is 54.1 Å². The van der Waals surface area contributed by atoms with Crippen molar-refractivity contribution in [2.45, 2.75) is 26.9 Å². The smallest absolute Gasteiger partial charge is 0.177 e. The van der Waals surface area contributed by atoms with E-state index in [4.69, 9.17) is 12.2 Å². The summed E-state index contributed by atoms with van der Waals surface area (Å²) in [6.07, 6.45) is 3.87. The molecule has 152 valence electrons. The molecule has 0 radical (unpaired) electrons. The highest BCUT2D eigenvalue weighted by atomic mass is 32.1. The molecule has 2 aromatic heterocycles. The number of anilines is 2. The third-order valence-corrected chi connectivity index (χ3v) is 5.03. The van der Waals surface area contributed by atoms with Gasteiger partial charge in [0.25, 0.3) is 0 Å². The van der Waals surface area contributed by atoms with E-state index >= 15 is 0 Å². The second-order valence-electron chi connectivity index (χ2n) is 7.29. The zero-order valence-corrected chi connectivity index (χ0v) is 17.9. The summed E-state index contributed by atoms with van der Waals surface area (Å²) in [6.45, 7) is 5.62. The molecule has 0 amide bonds. The van der Waals surface area contributed by atoms with E-state index in [1.165, 1.54) is 22.3 Å². The maximum absolute atomic E-state index is 5.41. The van der Waals surface area contributed by atoms with Crippen molar-refractivity contribution < 1.29 is 0 Å². The second kappa shape index (κ2) is 8.92. The summed E-state index contributed by atoms with van der Waals surface area (Å²) in [4.78, 5) is 0. The zero-order chi connectivity index (χ0) is 20.9. The molecular formula is C23H24N6S. The molecule has 0 saturated heterocycles. The molecule has 6 nitrogen and oxygen atoms in total. The lowest BCUT2D eigenvalue weighted by atomic mass is 10.1. The van der Waals surface area contributed by atoms with Crippen LogP contribution in [0.15, 0.2) is 73.1 Å². The van der Waals surface area contributed by atoms with E-state index in [9.17, 15) is 0 Å². The van der Waals surface area contributed by atoms with Gasteiger partial charge in [0.05, 0.1) is 13.1 Å². The number of aromatic nitrogens is 4. The molecule has 0 spiro atoms. The van der Waals surface area contributed by atoms with Crippen molar-refractivity contribution in [2.24, 2.45) is 0 Å². The fraction of sp³-hybridized carbons (Fsp3) is 0.174. The lowest BCUT2D eigenvalue weighted by Gasteiger charge is -2.07. The Morgan fingerprint density at radius 1 is 0.800 bits per heavy atom. The van der Waals surface area contributed by atoms with E-state index in [0.29, 0.717) is 23.3 Å². The van der Waals surface area contributed by atoms with Gasteiger partial charge in [0.15, 0.2) is 16.7 Å². The number of thiocarbonyl (C=S) groups is 1. The first-order chi connectivity index (χ1) is 14.5. The minimum absolute atomic E-state index is 0.455. The Labute approximate surface area is 181 Å². The molecule has 0 unspecified atom stereocenters. The van der Waals surface area contributed by atoms with E-state index in [2.05, 4.69) is 71.1 Å². The molecule has 0 fully saturated rings. The van der Waals surface area contributed by atoms with E-state index < -0.39 is 0 Å². The maximum Gasteiger partial charge on any atom is 0.177 e. The van der Waals surface area contributed by atoms with Crippen molar-refractivity contribution in [3.05, 3.63) is 95.3 Å². The topological polar surface area (TPSA) is 59.7 Å². The molecule has 0 saturated carbocycles. The van der Waals surface area contributed by atoms with Crippen LogP contribution < -0.4 is 10.6 Å². The maximum atomic E-state index is 5.41. The molecule has 0 atom stereocenters. The Morgan fingerprint density at radius 3 is 2.03 bits per heavy atom. The van der Waals surface area contributed by atoms with Gasteiger partial charge in [0, 0.05) is 24.5 Å². The lowest BCUT2D eigenvalue weighted by molar-refractivity contribution is 0.687. The van der Waals surface area contributed by atoms with E-state index in [0.717, 1.165) is 6.54 Å². The molecule has 4 rings (SSSR count). The van der Waals surface area contributed by atoms with Crippen molar-refractivity contribution in [2.75, 3.05) is 10.6 Å². The van der Waals surface area contributed by atoms with E-state index in [1.54, 1.807) is 0 Å². The predicted molar refractivity (Wildman–Crippen MR) is 125 cm³/mol. The largest absolute Gasteiger partial charge is 0.316 e. The molecule has 2 aromatic carbocycles. The van der Waals surface area contributed by atoms with E-state index in [1.807, 2.05) is 46.0 Å². The molecule has 0 bridgehead atoms. The monoisotopic (exact) mass is 416 g/mol. The van der Waals surface area contributed by atoms with Crippen LogP contribution in [0, 0.1) is 13.8 Å². The lowest BCUT2D eigenvalue weighted by Crippen LogP contribution is -2.20. The van der Waals surface area contributed by atoms with Gasteiger partial charge < -0.3 is 10.6 Å². The van der Waals surface area contributed by atoms with Gasteiger partial charge in [0.1, 0.15) is 0 Å². The molecular weight excluding hydrogens is 392 g/mol. The van der Waals surface area contributed by atoms with Crippen LogP contribution in [0.25, 0.3) is 0 Å². The number of aryl methyl sites for hydroxylation is 2. The number of rotatable bonds is 6. The summed E-state index contributed by atoms with van der Waals surface area (Å²) < 4.78 is 3.77. The Morgan fingerprint density at radius 2 is 1.40 bits per heavy atom. The minimum atomic E-state index is 0.455. The molecule has 4 aromatic rings. The van der Waals surface area contributed by atoms with Crippen LogP contribution in [0.5, 0.6) is 0 Å². The standard InChI is InChI=1S/C23H24N6S/c1-17-7-9-19(10-8-17)15-28-13-11-21(26-28)24-23(30)25-22-12-14-29(27-22)16-20-6-4-3-5-18(20)2/h3-14H,15-16H2,1-2H3,(H2,24,25,26,27,30). The van der Waals surface area contributed by atoms with Gasteiger partial charge in [-0.05, 0) is 42.8 Å². The molecule has 0 aliphatic heterocycles. The predicted octanol–water partition coefficient (Wildman–Crippen LogP) is 4.60. The number of nitrogens with one attached hydrogen (secondary N) is 2. The Bertz CT molecular complexity index is 1140. The summed E-state index contributed by atoms with van der Waals surface area (Å²) >= 11 is 5.41. The second-order valence-corrected chi connectivity index (χ2v) is 7.70. The molecule has 2 N–H and O–H groups in total. The van der Waals surface area contributed by atoms with Crippen molar-refractivity contribution in [1.82, 2.24) is 19.6 Å². The summed E-state index contributed by atoms with van der Waals surface area (Å²) in [5, 5.41) is 15.8. The third-order valence-electron chi connectivity index (χ3n) is 4.82. The highest BCUT2D eigenvalue weighted by Crippen LogP contribution is 2.12. The van der Waals surface area contributed by atoms with E-state index in [-0.39, 0.29) is 0 Å². The van der Waals surface area contributed by atoms with Gasteiger partial charge in [-0.2, -0.15) is 10.2 Å². The van der Waals surface area contributed by atoms with Crippen molar-refractivity contribution >= 4 is 29.0 Å². The van der Waals surface area contributed by atoms with Crippen LogP contribution in [0.1, 0.15) is 22.3 Å². The molecule has 2 heterocycles. The van der Waals surface area contributed by atoms with Gasteiger partial charge >= 0.3 is 0 Å². The average Bonchev–Trinajstić information content (AvgIpc) is 3.35. The van der Waals surface area contributed by atoms with Crippen LogP contribution >= 0.6 is 12.2 Å². The molecule has 0 aliphatic rings. The van der Waals surface area contributed by atoms with Gasteiger partial charge in [-0.25, -0.2) is 0 Å². The molecule has 0 aliphatic carbocycles. The zero-order valence-electron chi connectivity index (χ0n) is 17.0. The van der Waals surface area contributed by atoms with Crippen LogP contribution in [0.4, 0.5) is 11.6 Å². The fourth-order valence-electron chi connectivity index (χ4n) is 3.14. The third kappa shape index (κ3) is 5.12. The summed E-state index contributed by atoms with van der Waals surface area (Å²) in [5.74, 6) is 1.39. The SMILES string of the molecule is Cc1ccc(Cn2ccc(NC(=S)Nc3ccn(Cc4ccccc4C)n3)n2)cc1. The van der Waals surface area contributed by atoms with Crippen LogP contribution in [-0.4, -0.2) is 24.7 Å². The first-order valence-electron chi connectivity index (χ1n) is 9.80. The van der Waals surface area contributed by atoms with Gasteiger partial charge in [-0.3, -0.25) is 9.36 Å². The van der Waals surface area contributed by atoms with Crippen molar-refractivity contribution in [3.63, 3.8) is 0 Å². The minimum Gasteiger partial charge on any atom is -0.316 e. The normalized spacial score (nSPS) is 10.7. The summed E-state index contributed by atoms with van der Waals surface area (Å²) in [7, 11) is 0. The van der Waals surface area contributed by atoms with Crippen molar-refractivity contribution in [1.29, 1.82) is 0 Å². The number of hydrogen-bond donors (Lipinski definition) is 2. The quantitative estimate of drug-likeness (QED) is 0.450. The van der Waals surface area contributed by atoms with Crippen LogP contribution in [0.2, 0.25) is 0 Å². The number of hydrogen-bond acceptors (Lipinski definition) is 3. The first kappa shape index (κ1) is 19.8. The van der Waals surface area contributed by atoms with Crippen LogP contribution in [-0.2, 0) is 13.1 Å². The highest BCUT2D eigenvalue weighted by Gasteiger charge is 2.06. The molecule has 7 heteroatoms. The average molecular weight is 417 g/mol. The first-order valence-corrected chi connectivity index (χ1v) is 10.2. The van der Waals surface area contributed by atoms with Crippen LogP contribution in [0.3, 0.4) is 0 Å². The van der Waals surface area contributed by atoms with Gasteiger partial charge in [-0.15, -0.1) is 0 Å². The highest BCUT2D eigenvalue weighted by molar-refractivity contribution is 7.80. The van der Waals surface area contributed by atoms with Crippen molar-refractivity contribution in [3.8, 4) is 0 Å². The summed E-state index contributed by atoms with van der Waals surface area (Å²) in [5.41, 5.74) is 4.95.